The molecule has 2 rings (SSSR count). The highest BCUT2D eigenvalue weighted by Gasteiger charge is 2.23. The van der Waals surface area contributed by atoms with Crippen LogP contribution in [0, 0.1) is 10.1 Å². The maximum atomic E-state index is 11.3. The summed E-state index contributed by atoms with van der Waals surface area (Å²) in [6.45, 7) is 3.57. The van der Waals surface area contributed by atoms with E-state index in [4.69, 9.17) is 9.47 Å². The van der Waals surface area contributed by atoms with E-state index >= 15 is 0 Å². The second kappa shape index (κ2) is 6.13. The molecule has 6 nitrogen and oxygen atoms in total. The predicted molar refractivity (Wildman–Crippen MR) is 77.0 cm³/mol. The van der Waals surface area contributed by atoms with Crippen LogP contribution in [0.15, 0.2) is 42.5 Å². The van der Waals surface area contributed by atoms with E-state index in [0.717, 1.165) is 0 Å². The third kappa shape index (κ3) is 3.62. The number of phenolic OH excluding ortho intramolecular Hbond substituents is 1. The standard InChI is InChI=1S/C15H15NO5/c1-10(2)20-13-7-4-8-14(15(13)16(18)19)21-12-6-3-5-11(17)9-12/h3-10,17H,1-2H3. The predicted octanol–water partition coefficient (Wildman–Crippen LogP) is 3.88. The highest BCUT2D eigenvalue weighted by atomic mass is 16.6. The van der Waals surface area contributed by atoms with Crippen LogP contribution in [-0.4, -0.2) is 16.1 Å². The van der Waals surface area contributed by atoms with Gasteiger partial charge in [0.2, 0.25) is 11.5 Å². The largest absolute Gasteiger partial charge is 0.508 e. The number of para-hydroxylation sites is 1. The van der Waals surface area contributed by atoms with Gasteiger partial charge in [0.05, 0.1) is 11.0 Å². The lowest BCUT2D eigenvalue weighted by Gasteiger charge is -2.12. The molecule has 1 N–H and O–H groups in total. The fourth-order valence-electron chi connectivity index (χ4n) is 1.79. The molecule has 0 saturated heterocycles. The Labute approximate surface area is 121 Å². The molecule has 2 aromatic rings. The Hall–Kier alpha value is -2.76. The van der Waals surface area contributed by atoms with Crippen LogP contribution in [0.5, 0.6) is 23.0 Å². The van der Waals surface area contributed by atoms with Gasteiger partial charge in [0, 0.05) is 6.07 Å². The average Bonchev–Trinajstić information content (AvgIpc) is 2.37. The number of ether oxygens (including phenoxy) is 2. The van der Waals surface area contributed by atoms with Gasteiger partial charge in [0.25, 0.3) is 0 Å². The zero-order valence-electron chi connectivity index (χ0n) is 11.6. The third-order valence-electron chi connectivity index (χ3n) is 2.55. The van der Waals surface area contributed by atoms with Crippen LogP contribution in [0.4, 0.5) is 5.69 Å². The fraction of sp³-hybridized carbons (Fsp3) is 0.200. The number of hydrogen-bond donors (Lipinski definition) is 1. The van der Waals surface area contributed by atoms with Crippen molar-refractivity contribution in [3.63, 3.8) is 0 Å². The average molecular weight is 289 g/mol. The number of rotatable bonds is 5. The summed E-state index contributed by atoms with van der Waals surface area (Å²) >= 11 is 0. The van der Waals surface area contributed by atoms with Crippen molar-refractivity contribution >= 4 is 5.69 Å². The molecule has 0 aliphatic carbocycles. The van der Waals surface area contributed by atoms with Gasteiger partial charge in [-0.25, -0.2) is 0 Å². The zero-order chi connectivity index (χ0) is 15.4. The minimum Gasteiger partial charge on any atom is -0.508 e. The number of nitro groups is 1. The van der Waals surface area contributed by atoms with Crippen LogP contribution in [-0.2, 0) is 0 Å². The Morgan fingerprint density at radius 2 is 1.81 bits per heavy atom. The third-order valence-corrected chi connectivity index (χ3v) is 2.55. The first-order valence-electron chi connectivity index (χ1n) is 6.38. The van der Waals surface area contributed by atoms with Gasteiger partial charge in [0.15, 0.2) is 0 Å². The summed E-state index contributed by atoms with van der Waals surface area (Å²) < 4.78 is 10.9. The molecule has 0 aliphatic heterocycles. The molecule has 0 unspecified atom stereocenters. The van der Waals surface area contributed by atoms with E-state index in [0.29, 0.717) is 5.75 Å². The van der Waals surface area contributed by atoms with Crippen LogP contribution in [0.2, 0.25) is 0 Å². The fourth-order valence-corrected chi connectivity index (χ4v) is 1.79. The first kappa shape index (κ1) is 14.6. The minimum atomic E-state index is -0.546. The van der Waals surface area contributed by atoms with Gasteiger partial charge in [-0.3, -0.25) is 10.1 Å². The van der Waals surface area contributed by atoms with E-state index < -0.39 is 4.92 Å². The molecule has 6 heteroatoms. The van der Waals surface area contributed by atoms with E-state index in [1.54, 1.807) is 32.0 Å². The summed E-state index contributed by atoms with van der Waals surface area (Å²) in [4.78, 5) is 10.7. The molecular formula is C15H15NO5. The van der Waals surface area contributed by atoms with Crippen molar-refractivity contribution in [1.82, 2.24) is 0 Å². The number of nitrogens with zero attached hydrogens (tertiary/aromatic N) is 1. The van der Waals surface area contributed by atoms with Crippen LogP contribution in [0.3, 0.4) is 0 Å². The molecule has 0 spiro atoms. The molecule has 0 amide bonds. The van der Waals surface area contributed by atoms with Gasteiger partial charge >= 0.3 is 5.69 Å². The van der Waals surface area contributed by atoms with Gasteiger partial charge < -0.3 is 14.6 Å². The molecule has 2 aromatic carbocycles. The monoisotopic (exact) mass is 289 g/mol. The van der Waals surface area contributed by atoms with Gasteiger partial charge in [-0.05, 0) is 38.1 Å². The highest BCUT2D eigenvalue weighted by Crippen LogP contribution is 2.39. The lowest BCUT2D eigenvalue weighted by atomic mass is 10.2. The van der Waals surface area contributed by atoms with Crippen molar-refractivity contribution in [2.24, 2.45) is 0 Å². The molecule has 0 saturated carbocycles. The van der Waals surface area contributed by atoms with Crippen molar-refractivity contribution in [3.05, 3.63) is 52.6 Å². The number of hydrogen-bond acceptors (Lipinski definition) is 5. The number of benzene rings is 2. The van der Waals surface area contributed by atoms with Gasteiger partial charge in [0.1, 0.15) is 11.5 Å². The van der Waals surface area contributed by atoms with Gasteiger partial charge in [-0.15, -0.1) is 0 Å². The zero-order valence-corrected chi connectivity index (χ0v) is 11.6. The smallest absolute Gasteiger partial charge is 0.352 e. The molecule has 0 aliphatic rings. The van der Waals surface area contributed by atoms with E-state index in [1.807, 2.05) is 0 Å². The molecule has 0 atom stereocenters. The molecule has 0 aromatic heterocycles. The molecule has 0 heterocycles. The van der Waals surface area contributed by atoms with Crippen molar-refractivity contribution in [3.8, 4) is 23.0 Å². The Bertz CT molecular complexity index is 654. The highest BCUT2D eigenvalue weighted by molar-refractivity contribution is 5.58. The molecular weight excluding hydrogens is 274 g/mol. The van der Waals surface area contributed by atoms with Crippen molar-refractivity contribution in [2.45, 2.75) is 20.0 Å². The Balaban J connectivity index is 2.41. The lowest BCUT2D eigenvalue weighted by molar-refractivity contribution is -0.386. The number of aromatic hydroxyl groups is 1. The second-order valence-corrected chi connectivity index (χ2v) is 4.63. The van der Waals surface area contributed by atoms with Crippen LogP contribution in [0.1, 0.15) is 13.8 Å². The molecule has 21 heavy (non-hydrogen) atoms. The summed E-state index contributed by atoms with van der Waals surface area (Å²) in [6.07, 6.45) is -0.195. The summed E-state index contributed by atoms with van der Waals surface area (Å²) in [5, 5.41) is 20.7. The van der Waals surface area contributed by atoms with E-state index in [1.165, 1.54) is 24.3 Å². The normalized spacial score (nSPS) is 10.4. The maximum absolute atomic E-state index is 11.3. The summed E-state index contributed by atoms with van der Waals surface area (Å²) in [5.41, 5.74) is -0.241. The van der Waals surface area contributed by atoms with Crippen molar-refractivity contribution in [2.75, 3.05) is 0 Å². The maximum Gasteiger partial charge on any atom is 0.352 e. The van der Waals surface area contributed by atoms with Crippen LogP contribution < -0.4 is 9.47 Å². The van der Waals surface area contributed by atoms with E-state index in [9.17, 15) is 15.2 Å². The SMILES string of the molecule is CC(C)Oc1cccc(Oc2cccc(O)c2)c1[N+](=O)[O-]. The van der Waals surface area contributed by atoms with Crippen molar-refractivity contribution in [1.29, 1.82) is 0 Å². The van der Waals surface area contributed by atoms with E-state index in [2.05, 4.69) is 0 Å². The molecule has 0 fully saturated rings. The molecule has 0 bridgehead atoms. The first-order valence-corrected chi connectivity index (χ1v) is 6.38. The van der Waals surface area contributed by atoms with Gasteiger partial charge in [-0.2, -0.15) is 0 Å². The molecule has 110 valence electrons. The van der Waals surface area contributed by atoms with Crippen LogP contribution >= 0.6 is 0 Å². The summed E-state index contributed by atoms with van der Waals surface area (Å²) in [7, 11) is 0. The quantitative estimate of drug-likeness (QED) is 0.667. The minimum absolute atomic E-state index is 0.0183. The Kier molecular flexibility index (Phi) is 4.27. The summed E-state index contributed by atoms with van der Waals surface area (Å²) in [5.74, 6) is 0.529. The topological polar surface area (TPSA) is 81.8 Å². The second-order valence-electron chi connectivity index (χ2n) is 4.63. The Morgan fingerprint density at radius 1 is 1.14 bits per heavy atom. The number of nitro benzene ring substituents is 1. The number of phenols is 1. The first-order chi connectivity index (χ1) is 9.97. The van der Waals surface area contributed by atoms with Crippen LogP contribution in [0.25, 0.3) is 0 Å². The summed E-state index contributed by atoms with van der Waals surface area (Å²) in [6, 6.07) is 10.7. The van der Waals surface area contributed by atoms with Crippen molar-refractivity contribution < 1.29 is 19.5 Å². The Morgan fingerprint density at radius 3 is 2.43 bits per heavy atom. The van der Waals surface area contributed by atoms with Gasteiger partial charge in [-0.1, -0.05) is 12.1 Å². The lowest BCUT2D eigenvalue weighted by Crippen LogP contribution is -2.07. The van der Waals surface area contributed by atoms with E-state index in [-0.39, 0.29) is 29.0 Å². The molecule has 0 radical (unpaired) electrons.